The van der Waals surface area contributed by atoms with E-state index in [0.717, 1.165) is 4.90 Å². The van der Waals surface area contributed by atoms with E-state index < -0.39 is 63.6 Å². The van der Waals surface area contributed by atoms with Gasteiger partial charge >= 0.3 is 12.1 Å². The van der Waals surface area contributed by atoms with Crippen molar-refractivity contribution in [2.75, 3.05) is 6.54 Å². The van der Waals surface area contributed by atoms with Crippen LogP contribution in [0, 0.1) is 28.6 Å². The number of carbonyl (C=O) groups is 3. The Labute approximate surface area is 220 Å². The molecule has 3 amide bonds. The van der Waals surface area contributed by atoms with Crippen molar-refractivity contribution in [1.82, 2.24) is 35.7 Å². The van der Waals surface area contributed by atoms with E-state index in [2.05, 4.69) is 20.8 Å². The molecule has 1 aromatic heterocycles. The lowest BCUT2D eigenvalue weighted by Gasteiger charge is -2.37. The van der Waals surface area contributed by atoms with Gasteiger partial charge in [0.25, 0.3) is 0 Å². The van der Waals surface area contributed by atoms with Gasteiger partial charge in [0, 0.05) is 30.8 Å². The molecule has 0 spiro atoms. The number of alkyl halides is 5. The smallest absolute Gasteiger partial charge is 0.339 e. The maximum absolute atomic E-state index is 13.5. The number of nitrogens with one attached hydrogen (secondary N) is 2. The molecule has 0 bridgehead atoms. The molecule has 1 saturated heterocycles. The number of aryl methyl sites for hydroxylation is 1. The van der Waals surface area contributed by atoms with Crippen LogP contribution in [0.5, 0.6) is 0 Å². The zero-order valence-corrected chi connectivity index (χ0v) is 21.6. The Morgan fingerprint density at radius 3 is 2.51 bits per heavy atom. The molecular formula is C21H25Cl2F3N8O3. The lowest BCUT2D eigenvalue weighted by atomic mass is 9.85. The minimum atomic E-state index is -5.20. The molecule has 1 saturated carbocycles. The molecule has 2 aliphatic heterocycles. The molecule has 202 valence electrons. The van der Waals surface area contributed by atoms with Gasteiger partial charge in [-0.25, -0.2) is 4.68 Å². The van der Waals surface area contributed by atoms with E-state index in [9.17, 15) is 32.8 Å². The van der Waals surface area contributed by atoms with E-state index in [-0.39, 0.29) is 18.9 Å². The van der Waals surface area contributed by atoms with Crippen LogP contribution in [-0.4, -0.2) is 78.0 Å². The first kappa shape index (κ1) is 27.4. The van der Waals surface area contributed by atoms with Crippen LogP contribution in [-0.2, 0) is 20.9 Å². The van der Waals surface area contributed by atoms with E-state index in [1.165, 1.54) is 20.8 Å². The minimum absolute atomic E-state index is 0.0856. The summed E-state index contributed by atoms with van der Waals surface area (Å²) in [5.41, 5.74) is -1.12. The molecule has 37 heavy (non-hydrogen) atoms. The number of amides is 3. The van der Waals surface area contributed by atoms with Crippen LogP contribution in [0.2, 0.25) is 0 Å². The summed E-state index contributed by atoms with van der Waals surface area (Å²) in [5.74, 6) is -4.58. The lowest BCUT2D eigenvalue weighted by Crippen LogP contribution is -2.61. The van der Waals surface area contributed by atoms with Gasteiger partial charge in [-0.1, -0.05) is 20.8 Å². The zero-order valence-electron chi connectivity index (χ0n) is 20.1. The van der Waals surface area contributed by atoms with Crippen LogP contribution in [0.1, 0.15) is 45.4 Å². The second kappa shape index (κ2) is 9.27. The standard InChI is InChI=1S/C21H25Cl2F3N8O3/c1-19(2,3)14(29-18(37)21(24,25)26)17(36)33-8-11-12(20(11,22)23)13(33)16(35)28-10(7-27)6-9-4-5-34-15(9)30-31-32-34/h9-14H,4-6,8H2,1-3H3,(H,28,35)(H,29,37)/t9-,10-,11-,12-,13-,14+/m0/s1. The summed E-state index contributed by atoms with van der Waals surface area (Å²) in [5, 5.41) is 25.5. The molecule has 3 heterocycles. The molecule has 0 radical (unpaired) electrons. The highest BCUT2D eigenvalue weighted by Gasteiger charge is 2.74. The van der Waals surface area contributed by atoms with Crippen LogP contribution in [0.3, 0.4) is 0 Å². The van der Waals surface area contributed by atoms with E-state index in [1.54, 1.807) is 10.00 Å². The number of fused-ring (bicyclic) bond motifs is 2. The number of halogens is 5. The third kappa shape index (κ3) is 5.07. The SMILES string of the molecule is CC(C)(C)[C@H](NC(=O)C(F)(F)F)C(=O)N1C[C@H]2[C@@H]([C@H]1C(=O)N[C@H](C#N)C[C@@H]1CCn3nnnc31)C2(Cl)Cl. The maximum atomic E-state index is 13.5. The van der Waals surface area contributed by atoms with E-state index in [0.29, 0.717) is 18.8 Å². The normalized spacial score (nSPS) is 27.5. The Kier molecular flexibility index (Phi) is 6.86. The molecule has 1 aromatic rings. The Balaban J connectivity index is 1.52. The summed E-state index contributed by atoms with van der Waals surface area (Å²) in [6.07, 6.45) is -4.32. The molecule has 0 aromatic carbocycles. The Morgan fingerprint density at radius 1 is 1.24 bits per heavy atom. The summed E-state index contributed by atoms with van der Waals surface area (Å²) in [6, 6.07) is -1.75. The second-order valence-corrected chi connectivity index (χ2v) is 12.1. The minimum Gasteiger partial charge on any atom is -0.339 e. The zero-order chi connectivity index (χ0) is 27.5. The van der Waals surface area contributed by atoms with Gasteiger partial charge in [-0.15, -0.1) is 28.3 Å². The predicted molar refractivity (Wildman–Crippen MR) is 122 cm³/mol. The monoisotopic (exact) mass is 564 g/mol. The summed E-state index contributed by atoms with van der Waals surface area (Å²) in [7, 11) is 0. The number of piperidine rings is 1. The predicted octanol–water partition coefficient (Wildman–Crippen LogP) is 1.28. The molecule has 1 aliphatic carbocycles. The highest BCUT2D eigenvalue weighted by Crippen LogP contribution is 2.65. The molecule has 3 aliphatic rings. The molecule has 16 heteroatoms. The second-order valence-electron chi connectivity index (χ2n) is 10.7. The molecule has 6 atom stereocenters. The topological polar surface area (TPSA) is 146 Å². The molecular weight excluding hydrogens is 540 g/mol. The fourth-order valence-corrected chi connectivity index (χ4v) is 5.97. The van der Waals surface area contributed by atoms with Crippen LogP contribution < -0.4 is 10.6 Å². The first-order chi connectivity index (χ1) is 17.1. The number of aromatic nitrogens is 4. The largest absolute Gasteiger partial charge is 0.471 e. The van der Waals surface area contributed by atoms with Crippen molar-refractivity contribution in [3.05, 3.63) is 5.82 Å². The van der Waals surface area contributed by atoms with Crippen LogP contribution in [0.15, 0.2) is 0 Å². The van der Waals surface area contributed by atoms with Crippen LogP contribution in [0.25, 0.3) is 0 Å². The van der Waals surface area contributed by atoms with Gasteiger partial charge in [0.05, 0.1) is 6.07 Å². The number of hydrogen-bond acceptors (Lipinski definition) is 7. The van der Waals surface area contributed by atoms with Gasteiger partial charge in [0.2, 0.25) is 11.8 Å². The van der Waals surface area contributed by atoms with Crippen molar-refractivity contribution < 1.29 is 27.6 Å². The van der Waals surface area contributed by atoms with Gasteiger partial charge in [-0.05, 0) is 28.7 Å². The van der Waals surface area contributed by atoms with E-state index in [4.69, 9.17) is 23.2 Å². The first-order valence-electron chi connectivity index (χ1n) is 11.6. The maximum Gasteiger partial charge on any atom is 0.471 e. The molecule has 0 unspecified atom stereocenters. The molecule has 2 fully saturated rings. The number of hydrogen-bond donors (Lipinski definition) is 2. The fraction of sp³-hybridized carbons (Fsp3) is 0.762. The Hall–Kier alpha value is -2.66. The van der Waals surface area contributed by atoms with Gasteiger partial charge in [-0.3, -0.25) is 14.4 Å². The van der Waals surface area contributed by atoms with Crippen molar-refractivity contribution in [2.24, 2.45) is 17.3 Å². The molecule has 11 nitrogen and oxygen atoms in total. The number of nitriles is 1. The number of rotatable bonds is 6. The molecule has 2 N–H and O–H groups in total. The molecule has 4 rings (SSSR count). The third-order valence-electron chi connectivity index (χ3n) is 7.14. The number of likely N-dealkylation sites (tertiary alicyclic amines) is 1. The highest BCUT2D eigenvalue weighted by atomic mass is 35.5. The highest BCUT2D eigenvalue weighted by molar-refractivity contribution is 6.51. The summed E-state index contributed by atoms with van der Waals surface area (Å²) < 4.78 is 39.2. The first-order valence-corrected chi connectivity index (χ1v) is 12.3. The van der Waals surface area contributed by atoms with Gasteiger partial charge in [0.15, 0.2) is 5.82 Å². The van der Waals surface area contributed by atoms with Gasteiger partial charge < -0.3 is 15.5 Å². The summed E-state index contributed by atoms with van der Waals surface area (Å²) >= 11 is 12.6. The number of tetrazole rings is 1. The number of nitrogens with zero attached hydrogens (tertiary/aromatic N) is 6. The quantitative estimate of drug-likeness (QED) is 0.495. The van der Waals surface area contributed by atoms with Crippen molar-refractivity contribution in [3.63, 3.8) is 0 Å². The van der Waals surface area contributed by atoms with Crippen LogP contribution >= 0.6 is 23.2 Å². The van der Waals surface area contributed by atoms with Crippen molar-refractivity contribution >= 4 is 40.9 Å². The van der Waals surface area contributed by atoms with Crippen molar-refractivity contribution in [2.45, 2.75) is 74.7 Å². The fourth-order valence-electron chi connectivity index (χ4n) is 5.14. The summed E-state index contributed by atoms with van der Waals surface area (Å²) in [6.45, 7) is 4.97. The average molecular weight is 565 g/mol. The van der Waals surface area contributed by atoms with E-state index in [1.807, 2.05) is 6.07 Å². The number of carbonyl (C=O) groups excluding carboxylic acids is 3. The Bertz CT molecular complexity index is 1150. The van der Waals surface area contributed by atoms with Crippen molar-refractivity contribution in [3.8, 4) is 6.07 Å². The van der Waals surface area contributed by atoms with Crippen molar-refractivity contribution in [1.29, 1.82) is 5.26 Å². The summed E-state index contributed by atoms with van der Waals surface area (Å²) in [4.78, 5) is 39.6. The third-order valence-corrected chi connectivity index (χ3v) is 8.20. The van der Waals surface area contributed by atoms with Gasteiger partial charge in [-0.2, -0.15) is 18.4 Å². The Morgan fingerprint density at radius 2 is 1.92 bits per heavy atom. The van der Waals surface area contributed by atoms with Crippen LogP contribution in [0.4, 0.5) is 13.2 Å². The van der Waals surface area contributed by atoms with E-state index >= 15 is 0 Å². The van der Waals surface area contributed by atoms with Gasteiger partial charge in [0.1, 0.15) is 22.5 Å². The average Bonchev–Trinajstić information content (AvgIpc) is 3.29. The lowest BCUT2D eigenvalue weighted by molar-refractivity contribution is -0.176.